The molecule has 0 spiro atoms. The second kappa shape index (κ2) is 9.45. The average Bonchev–Trinajstić information content (AvgIpc) is 3.18. The summed E-state index contributed by atoms with van der Waals surface area (Å²) in [6.07, 6.45) is 4.71. The number of nitrogens with one attached hydrogen (secondary N) is 1. The Kier molecular flexibility index (Phi) is 6.73. The van der Waals surface area contributed by atoms with Gasteiger partial charge in [-0.3, -0.25) is 0 Å². The van der Waals surface area contributed by atoms with Gasteiger partial charge in [0.2, 0.25) is 0 Å². The monoisotopic (exact) mass is 433 g/mol. The molecule has 0 aliphatic carbocycles. The lowest BCUT2D eigenvalue weighted by Crippen LogP contribution is -2.33. The SMILES string of the molecule is Clc1cccc(C2CCN(CCCCNc3ccc4scnc4c3)CC2)c1Cl. The maximum Gasteiger partial charge on any atom is 0.0832 e. The molecule has 1 fully saturated rings. The summed E-state index contributed by atoms with van der Waals surface area (Å²) in [6, 6.07) is 12.4. The molecule has 28 heavy (non-hydrogen) atoms. The smallest absolute Gasteiger partial charge is 0.0832 e. The second-order valence-electron chi connectivity index (χ2n) is 7.43. The number of thiazole rings is 1. The van der Waals surface area contributed by atoms with E-state index in [2.05, 4.69) is 39.5 Å². The molecule has 1 saturated heterocycles. The van der Waals surface area contributed by atoms with Crippen molar-refractivity contribution in [1.29, 1.82) is 0 Å². The lowest BCUT2D eigenvalue weighted by Gasteiger charge is -2.32. The number of anilines is 1. The summed E-state index contributed by atoms with van der Waals surface area (Å²) in [4.78, 5) is 6.96. The van der Waals surface area contributed by atoms with Crippen LogP contribution in [0.1, 0.15) is 37.2 Å². The summed E-state index contributed by atoms with van der Waals surface area (Å²) in [5.74, 6) is 0.532. The number of fused-ring (bicyclic) bond motifs is 1. The lowest BCUT2D eigenvalue weighted by atomic mass is 9.89. The Morgan fingerprint density at radius 3 is 2.82 bits per heavy atom. The maximum absolute atomic E-state index is 6.40. The van der Waals surface area contributed by atoms with E-state index in [1.807, 2.05) is 17.6 Å². The van der Waals surface area contributed by atoms with Crippen molar-refractivity contribution in [1.82, 2.24) is 9.88 Å². The van der Waals surface area contributed by atoms with E-state index in [0.717, 1.165) is 48.7 Å². The highest BCUT2D eigenvalue weighted by Gasteiger charge is 2.22. The van der Waals surface area contributed by atoms with Gasteiger partial charge < -0.3 is 10.2 Å². The zero-order valence-electron chi connectivity index (χ0n) is 15.8. The van der Waals surface area contributed by atoms with E-state index in [9.17, 15) is 0 Å². The number of piperidine rings is 1. The third-order valence-electron chi connectivity index (χ3n) is 5.57. The molecule has 1 aliphatic heterocycles. The van der Waals surface area contributed by atoms with Gasteiger partial charge in [0.15, 0.2) is 0 Å². The minimum atomic E-state index is 0.532. The first-order chi connectivity index (χ1) is 13.7. The van der Waals surface area contributed by atoms with E-state index in [-0.39, 0.29) is 0 Å². The third-order valence-corrected chi connectivity index (χ3v) is 7.21. The number of rotatable bonds is 7. The Morgan fingerprint density at radius 2 is 1.96 bits per heavy atom. The molecule has 1 N–H and O–H groups in total. The highest BCUT2D eigenvalue weighted by Crippen LogP contribution is 2.36. The number of hydrogen-bond donors (Lipinski definition) is 1. The fraction of sp³-hybridized carbons (Fsp3) is 0.409. The summed E-state index contributed by atoms with van der Waals surface area (Å²) in [5, 5.41) is 4.93. The molecule has 6 heteroatoms. The van der Waals surface area contributed by atoms with Crippen molar-refractivity contribution in [2.45, 2.75) is 31.6 Å². The zero-order valence-corrected chi connectivity index (χ0v) is 18.2. The molecule has 0 atom stereocenters. The fourth-order valence-corrected chi connectivity index (χ4v) is 5.09. The predicted octanol–water partition coefficient (Wildman–Crippen LogP) is 6.67. The number of benzene rings is 2. The van der Waals surface area contributed by atoms with Crippen molar-refractivity contribution in [3.63, 3.8) is 0 Å². The molecule has 3 aromatic rings. The van der Waals surface area contributed by atoms with E-state index >= 15 is 0 Å². The average molecular weight is 434 g/mol. The zero-order chi connectivity index (χ0) is 19.3. The summed E-state index contributed by atoms with van der Waals surface area (Å²) in [7, 11) is 0. The lowest BCUT2D eigenvalue weighted by molar-refractivity contribution is 0.209. The van der Waals surface area contributed by atoms with Gasteiger partial charge in [-0.15, -0.1) is 11.3 Å². The number of halogens is 2. The van der Waals surface area contributed by atoms with Crippen molar-refractivity contribution in [2.75, 3.05) is 31.5 Å². The Balaban J connectivity index is 1.16. The van der Waals surface area contributed by atoms with Crippen molar-refractivity contribution in [2.24, 2.45) is 0 Å². The number of nitrogens with zero attached hydrogens (tertiary/aromatic N) is 2. The van der Waals surface area contributed by atoms with Gasteiger partial charge in [0.25, 0.3) is 0 Å². The molecule has 2 aromatic carbocycles. The molecule has 1 aliphatic rings. The first-order valence-electron chi connectivity index (χ1n) is 9.94. The van der Waals surface area contributed by atoms with Gasteiger partial charge in [-0.2, -0.15) is 0 Å². The van der Waals surface area contributed by atoms with E-state index in [1.54, 1.807) is 11.3 Å². The van der Waals surface area contributed by atoms with E-state index < -0.39 is 0 Å². The van der Waals surface area contributed by atoms with E-state index in [0.29, 0.717) is 10.9 Å². The van der Waals surface area contributed by atoms with Crippen LogP contribution < -0.4 is 5.32 Å². The quantitative estimate of drug-likeness (QED) is 0.421. The van der Waals surface area contributed by atoms with Gasteiger partial charge in [0, 0.05) is 12.2 Å². The first kappa shape index (κ1) is 20.0. The van der Waals surface area contributed by atoms with E-state index in [4.69, 9.17) is 23.2 Å². The first-order valence-corrected chi connectivity index (χ1v) is 11.6. The summed E-state index contributed by atoms with van der Waals surface area (Å²) < 4.78 is 1.24. The van der Waals surface area contributed by atoms with Crippen molar-refractivity contribution in [3.05, 3.63) is 57.5 Å². The fourth-order valence-electron chi connectivity index (χ4n) is 3.96. The standard InChI is InChI=1S/C22H25Cl2N3S/c23-19-5-3-4-18(22(19)24)16-8-12-27(13-9-16)11-2-1-10-25-17-6-7-21-20(14-17)26-15-28-21/h3-7,14-16,25H,1-2,8-13H2. The number of unbranched alkanes of at least 4 members (excludes halogenated alkanes) is 1. The van der Waals surface area contributed by atoms with Gasteiger partial charge >= 0.3 is 0 Å². The molecule has 0 unspecified atom stereocenters. The Bertz CT molecular complexity index is 919. The molecule has 0 saturated carbocycles. The topological polar surface area (TPSA) is 28.2 Å². The highest BCUT2D eigenvalue weighted by atomic mass is 35.5. The maximum atomic E-state index is 6.40. The second-order valence-corrected chi connectivity index (χ2v) is 9.10. The van der Waals surface area contributed by atoms with Crippen LogP contribution in [-0.4, -0.2) is 36.1 Å². The van der Waals surface area contributed by atoms with Crippen LogP contribution in [-0.2, 0) is 0 Å². The predicted molar refractivity (Wildman–Crippen MR) is 122 cm³/mol. The van der Waals surface area contributed by atoms with Gasteiger partial charge in [-0.05, 0) is 81.1 Å². The minimum absolute atomic E-state index is 0.532. The molecular formula is C22H25Cl2N3S. The molecule has 1 aromatic heterocycles. The number of likely N-dealkylation sites (tertiary alicyclic amines) is 1. The Hall–Kier alpha value is -1.33. The van der Waals surface area contributed by atoms with Crippen LogP contribution in [0.4, 0.5) is 5.69 Å². The van der Waals surface area contributed by atoms with Crippen LogP contribution in [0, 0.1) is 0 Å². The van der Waals surface area contributed by atoms with Crippen molar-refractivity contribution >= 4 is 50.4 Å². The van der Waals surface area contributed by atoms with Crippen LogP contribution in [0.3, 0.4) is 0 Å². The Morgan fingerprint density at radius 1 is 1.11 bits per heavy atom. The molecular weight excluding hydrogens is 409 g/mol. The summed E-state index contributed by atoms with van der Waals surface area (Å²) in [6.45, 7) is 4.45. The largest absolute Gasteiger partial charge is 0.385 e. The molecule has 4 rings (SSSR count). The normalized spacial score (nSPS) is 15.9. The number of aromatic nitrogens is 1. The molecule has 0 radical (unpaired) electrons. The highest BCUT2D eigenvalue weighted by molar-refractivity contribution is 7.16. The van der Waals surface area contributed by atoms with Crippen molar-refractivity contribution < 1.29 is 0 Å². The van der Waals surface area contributed by atoms with Gasteiger partial charge in [0.05, 0.1) is 25.8 Å². The summed E-state index contributed by atoms with van der Waals surface area (Å²) >= 11 is 14.3. The molecule has 0 amide bonds. The van der Waals surface area contributed by atoms with E-state index in [1.165, 1.54) is 29.6 Å². The van der Waals surface area contributed by atoms with Crippen LogP contribution in [0.15, 0.2) is 41.9 Å². The molecule has 0 bridgehead atoms. The van der Waals surface area contributed by atoms with Gasteiger partial charge in [-0.25, -0.2) is 4.98 Å². The van der Waals surface area contributed by atoms with Gasteiger partial charge in [0.1, 0.15) is 0 Å². The van der Waals surface area contributed by atoms with Gasteiger partial charge in [-0.1, -0.05) is 35.3 Å². The minimum Gasteiger partial charge on any atom is -0.385 e. The Labute approximate surface area is 180 Å². The van der Waals surface area contributed by atoms with Crippen LogP contribution in [0.2, 0.25) is 10.0 Å². The molecule has 3 nitrogen and oxygen atoms in total. The van der Waals surface area contributed by atoms with Crippen LogP contribution in [0.25, 0.3) is 10.2 Å². The number of hydrogen-bond acceptors (Lipinski definition) is 4. The molecule has 148 valence electrons. The van der Waals surface area contributed by atoms with Crippen molar-refractivity contribution in [3.8, 4) is 0 Å². The van der Waals surface area contributed by atoms with Crippen LogP contribution >= 0.6 is 34.5 Å². The third kappa shape index (κ3) is 4.80. The summed E-state index contributed by atoms with van der Waals surface area (Å²) in [5.41, 5.74) is 5.36. The van der Waals surface area contributed by atoms with Crippen LogP contribution in [0.5, 0.6) is 0 Å². The molecule has 2 heterocycles.